The van der Waals surface area contributed by atoms with Gasteiger partial charge in [-0.1, -0.05) is 12.1 Å². The van der Waals surface area contributed by atoms with E-state index in [4.69, 9.17) is 16.3 Å². The standard InChI is InChI=1S/C18H19ClN2O2.ClH/c19-9-4-12-23-16-8-1-5-14-7-3-11-21(17(14)16)18(22)15-6-2-10-20-13-15;/h1-2,5-6,8,10,13H,3-4,7,9,11-12H2;1H. The summed E-state index contributed by atoms with van der Waals surface area (Å²) in [4.78, 5) is 18.7. The molecule has 0 saturated heterocycles. The Morgan fingerprint density at radius 3 is 2.92 bits per heavy atom. The number of hydrogen-bond acceptors (Lipinski definition) is 3. The van der Waals surface area contributed by atoms with Crippen LogP contribution in [0, 0.1) is 0 Å². The second-order valence-electron chi connectivity index (χ2n) is 5.46. The van der Waals surface area contributed by atoms with Crippen molar-refractivity contribution in [3.8, 4) is 5.75 Å². The van der Waals surface area contributed by atoms with Gasteiger partial charge in [-0.25, -0.2) is 0 Å². The van der Waals surface area contributed by atoms with Gasteiger partial charge in [-0.05, 0) is 43.0 Å². The first-order chi connectivity index (χ1) is 11.3. The van der Waals surface area contributed by atoms with Crippen LogP contribution >= 0.6 is 24.0 Å². The van der Waals surface area contributed by atoms with E-state index in [9.17, 15) is 4.79 Å². The SMILES string of the molecule is Cl.O=C(c1cccnc1)N1CCCc2cccc(OCCCCl)c21. The minimum absolute atomic E-state index is 0. The van der Waals surface area contributed by atoms with E-state index >= 15 is 0 Å². The molecular formula is C18H20Cl2N2O2. The van der Waals surface area contributed by atoms with Gasteiger partial charge >= 0.3 is 0 Å². The number of fused-ring (bicyclic) bond motifs is 1. The van der Waals surface area contributed by atoms with E-state index in [1.54, 1.807) is 24.5 Å². The fraction of sp³-hybridized carbons (Fsp3) is 0.333. The molecular weight excluding hydrogens is 347 g/mol. The highest BCUT2D eigenvalue weighted by Crippen LogP contribution is 2.37. The second-order valence-corrected chi connectivity index (χ2v) is 5.83. The summed E-state index contributed by atoms with van der Waals surface area (Å²) in [5, 5.41) is 0. The quantitative estimate of drug-likeness (QED) is 0.590. The molecule has 0 bridgehead atoms. The highest BCUT2D eigenvalue weighted by Gasteiger charge is 2.26. The maximum Gasteiger partial charge on any atom is 0.259 e. The third-order valence-electron chi connectivity index (χ3n) is 3.87. The molecule has 2 heterocycles. The van der Waals surface area contributed by atoms with Gasteiger partial charge in [0.15, 0.2) is 0 Å². The van der Waals surface area contributed by atoms with Gasteiger partial charge in [-0.3, -0.25) is 9.78 Å². The van der Waals surface area contributed by atoms with Crippen molar-refractivity contribution >= 4 is 35.6 Å². The van der Waals surface area contributed by atoms with Crippen LogP contribution in [0.25, 0.3) is 0 Å². The van der Waals surface area contributed by atoms with E-state index < -0.39 is 0 Å². The molecule has 0 radical (unpaired) electrons. The second kappa shape index (κ2) is 8.90. The zero-order valence-corrected chi connectivity index (χ0v) is 14.9. The number of aromatic nitrogens is 1. The van der Waals surface area contributed by atoms with Crippen molar-refractivity contribution in [2.45, 2.75) is 19.3 Å². The van der Waals surface area contributed by atoms with E-state index in [0.29, 0.717) is 24.6 Å². The average molecular weight is 367 g/mol. The number of ether oxygens (including phenoxy) is 1. The Labute approximate surface area is 153 Å². The number of benzene rings is 1. The molecule has 1 aliphatic heterocycles. The van der Waals surface area contributed by atoms with Crippen LogP contribution in [-0.2, 0) is 6.42 Å². The molecule has 2 aromatic rings. The zero-order chi connectivity index (χ0) is 16.1. The number of rotatable bonds is 5. The molecule has 3 rings (SSSR count). The third kappa shape index (κ3) is 4.00. The van der Waals surface area contributed by atoms with Gasteiger partial charge in [0.2, 0.25) is 0 Å². The molecule has 1 aromatic heterocycles. The number of hydrogen-bond donors (Lipinski definition) is 0. The van der Waals surface area contributed by atoms with Crippen molar-refractivity contribution in [1.29, 1.82) is 0 Å². The smallest absolute Gasteiger partial charge is 0.259 e. The monoisotopic (exact) mass is 366 g/mol. The number of anilines is 1. The predicted octanol–water partition coefficient (Wildman–Crippen LogP) is 4.10. The van der Waals surface area contributed by atoms with Crippen LogP contribution in [0.5, 0.6) is 5.75 Å². The highest BCUT2D eigenvalue weighted by molar-refractivity contribution is 6.17. The third-order valence-corrected chi connectivity index (χ3v) is 4.14. The summed E-state index contributed by atoms with van der Waals surface area (Å²) >= 11 is 5.72. The highest BCUT2D eigenvalue weighted by atomic mass is 35.5. The molecule has 0 unspecified atom stereocenters. The Morgan fingerprint density at radius 1 is 1.29 bits per heavy atom. The van der Waals surface area contributed by atoms with Crippen LogP contribution in [0.15, 0.2) is 42.7 Å². The van der Waals surface area contributed by atoms with Crippen LogP contribution in [0.3, 0.4) is 0 Å². The molecule has 4 nitrogen and oxygen atoms in total. The average Bonchev–Trinajstić information content (AvgIpc) is 2.61. The fourth-order valence-electron chi connectivity index (χ4n) is 2.82. The van der Waals surface area contributed by atoms with Gasteiger partial charge in [-0.2, -0.15) is 0 Å². The van der Waals surface area contributed by atoms with Gasteiger partial charge in [0.25, 0.3) is 5.91 Å². The van der Waals surface area contributed by atoms with Crippen molar-refractivity contribution in [2.24, 2.45) is 0 Å². The normalized spacial score (nSPS) is 13.0. The lowest BCUT2D eigenvalue weighted by atomic mass is 10.00. The molecule has 0 saturated carbocycles. The molecule has 1 amide bonds. The number of pyridine rings is 1. The van der Waals surface area contributed by atoms with Gasteiger partial charge < -0.3 is 9.64 Å². The fourth-order valence-corrected chi connectivity index (χ4v) is 2.93. The number of para-hydroxylation sites is 1. The number of amides is 1. The Hall–Kier alpha value is -1.78. The first-order valence-corrected chi connectivity index (χ1v) is 8.37. The van der Waals surface area contributed by atoms with E-state index in [1.807, 2.05) is 17.0 Å². The lowest BCUT2D eigenvalue weighted by molar-refractivity contribution is 0.0983. The van der Waals surface area contributed by atoms with Crippen molar-refractivity contribution in [1.82, 2.24) is 4.98 Å². The number of alkyl halides is 1. The van der Waals surface area contributed by atoms with Crippen molar-refractivity contribution in [3.63, 3.8) is 0 Å². The summed E-state index contributed by atoms with van der Waals surface area (Å²) in [5.74, 6) is 1.28. The Bertz CT molecular complexity index is 680. The number of carbonyl (C=O) groups excluding carboxylic acids is 1. The summed E-state index contributed by atoms with van der Waals surface area (Å²) in [6, 6.07) is 9.53. The molecule has 0 fully saturated rings. The van der Waals surface area contributed by atoms with Crippen LogP contribution in [0.2, 0.25) is 0 Å². The molecule has 0 aliphatic carbocycles. The maximum atomic E-state index is 12.9. The van der Waals surface area contributed by atoms with Gasteiger partial charge in [0.05, 0.1) is 17.9 Å². The van der Waals surface area contributed by atoms with Crippen LogP contribution in [0.4, 0.5) is 5.69 Å². The molecule has 1 aromatic carbocycles. The lowest BCUT2D eigenvalue weighted by Gasteiger charge is -2.31. The Balaban J connectivity index is 0.00000208. The summed E-state index contributed by atoms with van der Waals surface area (Å²) in [6.07, 6.45) is 5.96. The first kappa shape index (κ1) is 18.6. The van der Waals surface area contributed by atoms with Crippen molar-refractivity contribution < 1.29 is 9.53 Å². The number of aryl methyl sites for hydroxylation is 1. The first-order valence-electron chi connectivity index (χ1n) is 7.84. The summed E-state index contributed by atoms with van der Waals surface area (Å²) < 4.78 is 5.87. The van der Waals surface area contributed by atoms with Gasteiger partial charge in [0, 0.05) is 24.8 Å². The molecule has 128 valence electrons. The van der Waals surface area contributed by atoms with Crippen molar-refractivity contribution in [2.75, 3.05) is 23.9 Å². The number of halogens is 2. The summed E-state index contributed by atoms with van der Waals surface area (Å²) in [6.45, 7) is 1.24. The van der Waals surface area contributed by atoms with Gasteiger partial charge in [0.1, 0.15) is 5.75 Å². The maximum absolute atomic E-state index is 12.9. The number of nitrogens with zero attached hydrogens (tertiary/aromatic N) is 2. The summed E-state index contributed by atoms with van der Waals surface area (Å²) in [7, 11) is 0. The summed E-state index contributed by atoms with van der Waals surface area (Å²) in [5.41, 5.74) is 2.63. The van der Waals surface area contributed by atoms with E-state index in [1.165, 1.54) is 0 Å². The predicted molar refractivity (Wildman–Crippen MR) is 98.8 cm³/mol. The minimum Gasteiger partial charge on any atom is -0.491 e. The molecule has 24 heavy (non-hydrogen) atoms. The van der Waals surface area contributed by atoms with E-state index in [-0.39, 0.29) is 18.3 Å². The van der Waals surface area contributed by atoms with Crippen LogP contribution < -0.4 is 9.64 Å². The lowest BCUT2D eigenvalue weighted by Crippen LogP contribution is -2.36. The Morgan fingerprint density at radius 2 is 2.17 bits per heavy atom. The molecule has 0 N–H and O–H groups in total. The van der Waals surface area contributed by atoms with Crippen LogP contribution in [0.1, 0.15) is 28.8 Å². The molecule has 1 aliphatic rings. The number of carbonyl (C=O) groups is 1. The Kier molecular flexibility index (Phi) is 6.88. The van der Waals surface area contributed by atoms with Crippen LogP contribution in [-0.4, -0.2) is 29.9 Å². The topological polar surface area (TPSA) is 42.4 Å². The zero-order valence-electron chi connectivity index (χ0n) is 13.3. The van der Waals surface area contributed by atoms with E-state index in [0.717, 1.165) is 36.3 Å². The van der Waals surface area contributed by atoms with E-state index in [2.05, 4.69) is 11.1 Å². The van der Waals surface area contributed by atoms with Gasteiger partial charge in [-0.15, -0.1) is 24.0 Å². The molecule has 6 heteroatoms. The van der Waals surface area contributed by atoms with Crippen molar-refractivity contribution in [3.05, 3.63) is 53.9 Å². The molecule has 0 spiro atoms. The minimum atomic E-state index is -0.0348. The largest absolute Gasteiger partial charge is 0.491 e. The molecule has 0 atom stereocenters.